The number of para-hydroxylation sites is 2. The van der Waals surface area contributed by atoms with Crippen molar-refractivity contribution in [1.29, 1.82) is 0 Å². The molecule has 2 aliphatic heterocycles. The van der Waals surface area contributed by atoms with Gasteiger partial charge in [-0.2, -0.15) is 29.4 Å². The number of anilines is 2. The summed E-state index contributed by atoms with van der Waals surface area (Å²) in [5.41, 5.74) is 10.7. The molecule has 4 heteroatoms. The van der Waals surface area contributed by atoms with Crippen molar-refractivity contribution in [2.24, 2.45) is 5.10 Å². The first-order valence-corrected chi connectivity index (χ1v) is 10.5. The van der Waals surface area contributed by atoms with E-state index in [-0.39, 0.29) is 20.1 Å². The van der Waals surface area contributed by atoms with E-state index in [9.17, 15) is 0 Å². The number of hydrogen-bond donors (Lipinski definition) is 0. The third-order valence-corrected chi connectivity index (χ3v) is 6.08. The van der Waals surface area contributed by atoms with Crippen molar-refractivity contribution in [1.82, 2.24) is 0 Å². The molecular weight excluding hydrogens is 571 g/mol. The molecule has 4 aromatic carbocycles. The van der Waals surface area contributed by atoms with Gasteiger partial charge in [-0.1, -0.05) is 65.8 Å². The second-order valence-corrected chi connectivity index (χ2v) is 8.02. The molecule has 0 atom stereocenters. The van der Waals surface area contributed by atoms with Gasteiger partial charge < -0.3 is 9.91 Å². The van der Waals surface area contributed by atoms with Crippen LogP contribution in [-0.4, -0.2) is 5.84 Å². The zero-order chi connectivity index (χ0) is 20.9. The molecule has 159 valence electrons. The van der Waals surface area contributed by atoms with Gasteiger partial charge in [0.1, 0.15) is 5.84 Å². The summed E-state index contributed by atoms with van der Waals surface area (Å²) in [7, 11) is 0. The average molecular weight is 592 g/mol. The summed E-state index contributed by atoms with van der Waals surface area (Å²) in [6, 6.07) is 33.0. The molecule has 6 rings (SSSR count). The third kappa shape index (κ3) is 3.10. The summed E-state index contributed by atoms with van der Waals surface area (Å²) in [4.78, 5) is 2.17. The zero-order valence-corrected chi connectivity index (χ0v) is 20.2. The van der Waals surface area contributed by atoms with Crippen molar-refractivity contribution < 1.29 is 20.1 Å². The van der Waals surface area contributed by atoms with Crippen LogP contribution in [-0.2, 0) is 20.1 Å². The fraction of sp³-hybridized carbons (Fsp3) is 0.0714. The van der Waals surface area contributed by atoms with E-state index in [1.54, 1.807) is 0 Å². The van der Waals surface area contributed by atoms with Gasteiger partial charge in [0.25, 0.3) is 0 Å². The average Bonchev–Trinajstić information content (AvgIpc) is 3.25. The summed E-state index contributed by atoms with van der Waals surface area (Å²) < 4.78 is 0. The molecule has 0 unspecified atom stereocenters. The van der Waals surface area contributed by atoms with Crippen LogP contribution in [0.5, 0.6) is 0 Å². The van der Waals surface area contributed by atoms with E-state index in [4.69, 9.17) is 5.10 Å². The number of hydrogen-bond acceptors (Lipinski definition) is 3. The van der Waals surface area contributed by atoms with Crippen LogP contribution < -0.4 is 9.91 Å². The van der Waals surface area contributed by atoms with Gasteiger partial charge in [-0.05, 0) is 48.2 Å². The molecule has 0 N–H and O–H groups in total. The van der Waals surface area contributed by atoms with Crippen molar-refractivity contribution in [3.8, 4) is 22.3 Å². The van der Waals surface area contributed by atoms with Crippen LogP contribution in [0.3, 0.4) is 0 Å². The molecular formula is C28H21IrN3-2. The Morgan fingerprint density at radius 1 is 0.719 bits per heavy atom. The molecule has 0 fully saturated rings. The first-order chi connectivity index (χ1) is 15.2. The number of aryl methyl sites for hydroxylation is 2. The topological polar surface area (TPSA) is 18.8 Å². The first-order valence-electron chi connectivity index (χ1n) is 10.5. The molecule has 0 spiro atoms. The fourth-order valence-corrected chi connectivity index (χ4v) is 4.69. The van der Waals surface area contributed by atoms with E-state index in [1.165, 1.54) is 38.9 Å². The predicted octanol–water partition coefficient (Wildman–Crippen LogP) is 6.56. The second-order valence-electron chi connectivity index (χ2n) is 8.02. The summed E-state index contributed by atoms with van der Waals surface area (Å²) >= 11 is 0. The summed E-state index contributed by atoms with van der Waals surface area (Å²) in [6.07, 6.45) is 0. The van der Waals surface area contributed by atoms with Gasteiger partial charge in [-0.25, -0.2) is 0 Å². The number of rotatable bonds is 2. The van der Waals surface area contributed by atoms with Crippen LogP contribution in [0, 0.1) is 26.6 Å². The molecule has 0 saturated heterocycles. The predicted molar refractivity (Wildman–Crippen MR) is 128 cm³/mol. The molecule has 0 aromatic heterocycles. The Labute approximate surface area is 202 Å². The second kappa shape index (κ2) is 8.05. The quantitative estimate of drug-likeness (QED) is 0.246. The Kier molecular flexibility index (Phi) is 5.20. The normalized spacial score (nSPS) is 13.6. The van der Waals surface area contributed by atoms with Gasteiger partial charge in [0.2, 0.25) is 0 Å². The maximum Gasteiger partial charge on any atom is 0.128 e. The summed E-state index contributed by atoms with van der Waals surface area (Å²) in [5.74, 6) is 0.937. The number of fused-ring (bicyclic) bond motifs is 6. The van der Waals surface area contributed by atoms with E-state index in [0.29, 0.717) is 0 Å². The van der Waals surface area contributed by atoms with Gasteiger partial charge in [-0.3, -0.25) is 0 Å². The van der Waals surface area contributed by atoms with Crippen LogP contribution in [0.4, 0.5) is 11.4 Å². The van der Waals surface area contributed by atoms with Gasteiger partial charge in [0.05, 0.1) is 0 Å². The van der Waals surface area contributed by atoms with Crippen LogP contribution in [0.2, 0.25) is 0 Å². The Bertz CT molecular complexity index is 1320. The minimum absolute atomic E-state index is 0. The molecule has 0 bridgehead atoms. The Morgan fingerprint density at radius 2 is 1.41 bits per heavy atom. The smallest absolute Gasteiger partial charge is 0.128 e. The van der Waals surface area contributed by atoms with Gasteiger partial charge in [0.15, 0.2) is 0 Å². The maximum absolute atomic E-state index is 5.07. The summed E-state index contributed by atoms with van der Waals surface area (Å²) in [5, 5.41) is 7.02. The van der Waals surface area contributed by atoms with E-state index in [2.05, 4.69) is 92.1 Å². The van der Waals surface area contributed by atoms with Crippen LogP contribution >= 0.6 is 0 Å². The van der Waals surface area contributed by atoms with Crippen molar-refractivity contribution in [2.45, 2.75) is 13.8 Å². The van der Waals surface area contributed by atoms with E-state index in [0.717, 1.165) is 17.2 Å². The minimum Gasteiger partial charge on any atom is -0.476 e. The third-order valence-electron chi connectivity index (χ3n) is 6.08. The SMILES string of the molecule is Cc1cccc(C)c1-c1cccc2c1C1=NN(c3ccccc3)[CH-]N1c1[c-]cccc1-2.[Ir]. The molecule has 0 aliphatic carbocycles. The molecule has 3 nitrogen and oxygen atoms in total. The monoisotopic (exact) mass is 592 g/mol. The van der Waals surface area contributed by atoms with Crippen molar-refractivity contribution in [3.63, 3.8) is 0 Å². The molecule has 0 amide bonds. The van der Waals surface area contributed by atoms with Crippen molar-refractivity contribution >= 4 is 17.2 Å². The molecule has 2 heterocycles. The van der Waals surface area contributed by atoms with Crippen LogP contribution in [0.1, 0.15) is 16.7 Å². The van der Waals surface area contributed by atoms with Gasteiger partial charge >= 0.3 is 0 Å². The minimum atomic E-state index is 0. The number of nitrogens with zero attached hydrogens (tertiary/aromatic N) is 3. The summed E-state index contributed by atoms with van der Waals surface area (Å²) in [6.45, 7) is 6.43. The molecule has 32 heavy (non-hydrogen) atoms. The van der Waals surface area contributed by atoms with Crippen LogP contribution in [0.25, 0.3) is 22.3 Å². The number of benzene rings is 4. The number of amidine groups is 1. The van der Waals surface area contributed by atoms with Gasteiger partial charge in [-0.15, -0.1) is 12.2 Å². The fourth-order valence-electron chi connectivity index (χ4n) is 4.69. The Morgan fingerprint density at radius 3 is 2.19 bits per heavy atom. The Balaban J connectivity index is 0.00000216. The van der Waals surface area contributed by atoms with E-state index < -0.39 is 0 Å². The van der Waals surface area contributed by atoms with Crippen molar-refractivity contribution in [2.75, 3.05) is 9.91 Å². The number of hydrazone groups is 1. The molecule has 1 radical (unpaired) electrons. The standard InChI is InChI=1S/C28H21N3.Ir/c1-19-10-8-11-20(2)26(19)24-16-9-15-23-22-14-6-7-17-25(22)30-18-31(29-28(30)27(23)24)21-12-4-3-5-13-21;/h3-16,18H,1-2H3;/q-2;. The molecule has 2 aliphatic rings. The Hall–Kier alpha value is -3.20. The van der Waals surface area contributed by atoms with Crippen LogP contribution in [0.15, 0.2) is 90.0 Å². The van der Waals surface area contributed by atoms with E-state index >= 15 is 0 Å². The largest absolute Gasteiger partial charge is 0.476 e. The van der Waals surface area contributed by atoms with E-state index in [1.807, 2.05) is 29.3 Å². The van der Waals surface area contributed by atoms with Crippen molar-refractivity contribution in [3.05, 3.63) is 114 Å². The molecule has 4 aromatic rings. The molecule has 0 saturated carbocycles. The zero-order valence-electron chi connectivity index (χ0n) is 17.8. The van der Waals surface area contributed by atoms with Gasteiger partial charge in [0, 0.05) is 31.4 Å². The maximum atomic E-state index is 5.07. The first kappa shape index (κ1) is 20.7.